The number of nitrogens with one attached hydrogen (secondary N) is 1. The zero-order chi connectivity index (χ0) is 15.8. The molecule has 1 rings (SSSR count). The topological polar surface area (TPSA) is 67.6 Å². The Morgan fingerprint density at radius 2 is 2.10 bits per heavy atom. The van der Waals surface area contributed by atoms with Crippen LogP contribution < -0.4 is 15.8 Å². The smallest absolute Gasteiger partial charge is 0.234 e. The number of rotatable bonds is 9. The zero-order valence-electron chi connectivity index (χ0n) is 13.4. The number of benzene rings is 1. The van der Waals surface area contributed by atoms with Gasteiger partial charge >= 0.3 is 0 Å². The first kappa shape index (κ1) is 17.5. The van der Waals surface area contributed by atoms with Gasteiger partial charge in [0.05, 0.1) is 13.2 Å². The molecule has 0 radical (unpaired) electrons. The Labute approximate surface area is 127 Å². The van der Waals surface area contributed by atoms with E-state index < -0.39 is 0 Å². The first-order chi connectivity index (χ1) is 9.99. The molecule has 118 valence electrons. The van der Waals surface area contributed by atoms with Gasteiger partial charge in [0.15, 0.2) is 0 Å². The number of primary amides is 1. The molecule has 1 aromatic rings. The molecule has 0 bridgehead atoms. The lowest BCUT2D eigenvalue weighted by atomic mass is 10.0. The molecule has 0 saturated heterocycles. The summed E-state index contributed by atoms with van der Waals surface area (Å²) < 4.78 is 5.38. The molecule has 5 heteroatoms. The molecule has 0 fully saturated rings. The maximum atomic E-state index is 11.2. The van der Waals surface area contributed by atoms with Gasteiger partial charge in [0, 0.05) is 12.6 Å². The molecule has 5 nitrogen and oxygen atoms in total. The number of carbonyl (C=O) groups is 1. The van der Waals surface area contributed by atoms with Crippen LogP contribution >= 0.6 is 0 Å². The average Bonchev–Trinajstić information content (AvgIpc) is 2.47. The second-order valence-corrected chi connectivity index (χ2v) is 5.38. The van der Waals surface area contributed by atoms with Crippen molar-refractivity contribution in [3.63, 3.8) is 0 Å². The van der Waals surface area contributed by atoms with Crippen molar-refractivity contribution in [3.8, 4) is 5.75 Å². The fourth-order valence-electron chi connectivity index (χ4n) is 2.33. The number of ether oxygens (including phenoxy) is 1. The van der Waals surface area contributed by atoms with Gasteiger partial charge in [-0.2, -0.15) is 0 Å². The van der Waals surface area contributed by atoms with Gasteiger partial charge in [-0.15, -0.1) is 0 Å². The third-order valence-electron chi connectivity index (χ3n) is 3.92. The SMILES string of the molecule is CNC(CCN(C)C(C)Cc1ccccc1OC)C(N)=O. The summed E-state index contributed by atoms with van der Waals surface area (Å²) in [6, 6.07) is 8.14. The van der Waals surface area contributed by atoms with Crippen LogP contribution in [0.5, 0.6) is 5.75 Å². The summed E-state index contributed by atoms with van der Waals surface area (Å²) in [4.78, 5) is 13.4. The van der Waals surface area contributed by atoms with E-state index in [1.807, 2.05) is 18.2 Å². The van der Waals surface area contributed by atoms with E-state index in [0.29, 0.717) is 12.5 Å². The van der Waals surface area contributed by atoms with Crippen LogP contribution in [0.2, 0.25) is 0 Å². The highest BCUT2D eigenvalue weighted by Crippen LogP contribution is 2.20. The number of hydrogen-bond donors (Lipinski definition) is 2. The zero-order valence-corrected chi connectivity index (χ0v) is 13.4. The Kier molecular flexibility index (Phi) is 7.19. The number of methoxy groups -OCH3 is 1. The summed E-state index contributed by atoms with van der Waals surface area (Å²) in [5.74, 6) is 0.617. The van der Waals surface area contributed by atoms with Crippen LogP contribution in [0.3, 0.4) is 0 Å². The molecule has 0 saturated carbocycles. The van der Waals surface area contributed by atoms with Crippen LogP contribution in [-0.4, -0.2) is 50.6 Å². The number of hydrogen-bond acceptors (Lipinski definition) is 4. The van der Waals surface area contributed by atoms with E-state index in [1.165, 1.54) is 5.56 Å². The average molecular weight is 293 g/mol. The Bertz CT molecular complexity index is 451. The Morgan fingerprint density at radius 3 is 2.67 bits per heavy atom. The fourth-order valence-corrected chi connectivity index (χ4v) is 2.33. The quantitative estimate of drug-likeness (QED) is 0.713. The molecule has 0 aliphatic heterocycles. The maximum absolute atomic E-state index is 11.2. The number of nitrogens with two attached hydrogens (primary N) is 1. The van der Waals surface area contributed by atoms with E-state index in [9.17, 15) is 4.79 Å². The highest BCUT2D eigenvalue weighted by Gasteiger charge is 2.17. The largest absolute Gasteiger partial charge is 0.496 e. The predicted molar refractivity (Wildman–Crippen MR) is 85.4 cm³/mol. The lowest BCUT2D eigenvalue weighted by molar-refractivity contribution is -0.120. The van der Waals surface area contributed by atoms with Gasteiger partial charge < -0.3 is 20.7 Å². The molecular formula is C16H27N3O2. The van der Waals surface area contributed by atoms with Crippen LogP contribution in [0, 0.1) is 0 Å². The summed E-state index contributed by atoms with van der Waals surface area (Å²) in [5.41, 5.74) is 6.53. The van der Waals surface area contributed by atoms with Crippen molar-refractivity contribution in [3.05, 3.63) is 29.8 Å². The molecule has 0 aliphatic rings. The highest BCUT2D eigenvalue weighted by atomic mass is 16.5. The molecule has 2 atom stereocenters. The Balaban J connectivity index is 2.54. The van der Waals surface area contributed by atoms with Crippen molar-refractivity contribution in [2.45, 2.75) is 31.8 Å². The summed E-state index contributed by atoms with van der Waals surface area (Å²) >= 11 is 0. The number of carbonyl (C=O) groups excluding carboxylic acids is 1. The van der Waals surface area contributed by atoms with E-state index >= 15 is 0 Å². The van der Waals surface area contributed by atoms with Crippen LogP contribution in [0.15, 0.2) is 24.3 Å². The van der Waals surface area contributed by atoms with Crippen molar-refractivity contribution in [1.29, 1.82) is 0 Å². The number of para-hydroxylation sites is 1. The normalized spacial score (nSPS) is 14.0. The van der Waals surface area contributed by atoms with E-state index in [-0.39, 0.29) is 11.9 Å². The maximum Gasteiger partial charge on any atom is 0.234 e. The van der Waals surface area contributed by atoms with Gasteiger partial charge in [-0.1, -0.05) is 18.2 Å². The number of amides is 1. The summed E-state index contributed by atoms with van der Waals surface area (Å²) in [7, 11) is 5.51. The number of likely N-dealkylation sites (N-methyl/N-ethyl adjacent to an activating group) is 2. The summed E-state index contributed by atoms with van der Waals surface area (Å²) in [6.45, 7) is 2.98. The molecule has 2 unspecified atom stereocenters. The first-order valence-corrected chi connectivity index (χ1v) is 7.28. The molecule has 0 heterocycles. The van der Waals surface area contributed by atoms with Crippen LogP contribution in [0.25, 0.3) is 0 Å². The highest BCUT2D eigenvalue weighted by molar-refractivity contribution is 5.79. The van der Waals surface area contributed by atoms with Crippen LogP contribution in [0.4, 0.5) is 0 Å². The van der Waals surface area contributed by atoms with Gasteiger partial charge in [0.1, 0.15) is 5.75 Å². The monoisotopic (exact) mass is 293 g/mol. The molecule has 3 N–H and O–H groups in total. The lowest BCUT2D eigenvalue weighted by Gasteiger charge is -2.26. The minimum atomic E-state index is -0.303. The number of nitrogens with zero attached hydrogens (tertiary/aromatic N) is 1. The molecule has 1 amide bonds. The van der Waals surface area contributed by atoms with E-state index in [1.54, 1.807) is 14.2 Å². The van der Waals surface area contributed by atoms with E-state index in [4.69, 9.17) is 10.5 Å². The van der Waals surface area contributed by atoms with Crippen molar-refractivity contribution in [2.24, 2.45) is 5.73 Å². The minimum Gasteiger partial charge on any atom is -0.496 e. The second kappa shape index (κ2) is 8.64. The van der Waals surface area contributed by atoms with Crippen molar-refractivity contribution in [1.82, 2.24) is 10.2 Å². The van der Waals surface area contributed by atoms with E-state index in [0.717, 1.165) is 18.7 Å². The van der Waals surface area contributed by atoms with Crippen molar-refractivity contribution in [2.75, 3.05) is 27.7 Å². The fraction of sp³-hybridized carbons (Fsp3) is 0.562. The summed E-state index contributed by atoms with van der Waals surface area (Å²) in [5, 5.41) is 2.94. The molecule has 0 aliphatic carbocycles. The van der Waals surface area contributed by atoms with Gasteiger partial charge in [0.25, 0.3) is 0 Å². The first-order valence-electron chi connectivity index (χ1n) is 7.28. The van der Waals surface area contributed by atoms with E-state index in [2.05, 4.69) is 30.3 Å². The predicted octanol–water partition coefficient (Wildman–Crippen LogP) is 1.02. The van der Waals surface area contributed by atoms with Crippen molar-refractivity contribution < 1.29 is 9.53 Å². The second-order valence-electron chi connectivity index (χ2n) is 5.38. The molecule has 1 aromatic carbocycles. The van der Waals surface area contributed by atoms with Crippen molar-refractivity contribution >= 4 is 5.91 Å². The standard InChI is InChI=1S/C16H27N3O2/c1-12(11-13-7-5-6-8-15(13)21-4)19(3)10-9-14(18-2)16(17)20/h5-8,12,14,18H,9-11H2,1-4H3,(H2,17,20). The van der Waals surface area contributed by atoms with Gasteiger partial charge in [-0.3, -0.25) is 4.79 Å². The van der Waals surface area contributed by atoms with Gasteiger partial charge in [0.2, 0.25) is 5.91 Å². The molecule has 21 heavy (non-hydrogen) atoms. The molecular weight excluding hydrogens is 266 g/mol. The third kappa shape index (κ3) is 5.36. The molecule has 0 aromatic heterocycles. The van der Waals surface area contributed by atoms with Crippen LogP contribution in [-0.2, 0) is 11.2 Å². The Hall–Kier alpha value is -1.59. The Morgan fingerprint density at radius 1 is 1.43 bits per heavy atom. The molecule has 0 spiro atoms. The van der Waals surface area contributed by atoms with Gasteiger partial charge in [-0.05, 0) is 45.5 Å². The van der Waals surface area contributed by atoms with Gasteiger partial charge in [-0.25, -0.2) is 0 Å². The lowest BCUT2D eigenvalue weighted by Crippen LogP contribution is -2.42. The minimum absolute atomic E-state index is 0.272. The summed E-state index contributed by atoms with van der Waals surface area (Å²) in [6.07, 6.45) is 1.61. The van der Waals surface area contributed by atoms with Crippen LogP contribution in [0.1, 0.15) is 18.9 Å². The third-order valence-corrected chi connectivity index (χ3v) is 3.92.